The van der Waals surface area contributed by atoms with E-state index in [9.17, 15) is 0 Å². The summed E-state index contributed by atoms with van der Waals surface area (Å²) in [4.78, 5) is 0. The number of hydrogen-bond donors (Lipinski definition) is 1. The van der Waals surface area contributed by atoms with E-state index >= 15 is 0 Å². The van der Waals surface area contributed by atoms with E-state index in [1.165, 1.54) is 5.56 Å². The molecule has 0 bridgehead atoms. The molecule has 0 heterocycles. The number of rotatable bonds is 7. The lowest BCUT2D eigenvalue weighted by atomic mass is 10.1. The molecular formula is C16H17BrClNO. The molecule has 0 saturated heterocycles. The zero-order valence-electron chi connectivity index (χ0n) is 11.1. The first-order chi connectivity index (χ1) is 9.74. The van der Waals surface area contributed by atoms with Gasteiger partial charge in [0.15, 0.2) is 0 Å². The van der Waals surface area contributed by atoms with E-state index in [1.54, 1.807) is 0 Å². The van der Waals surface area contributed by atoms with E-state index in [0.717, 1.165) is 34.8 Å². The van der Waals surface area contributed by atoms with E-state index in [1.807, 2.05) is 36.4 Å². The second kappa shape index (κ2) is 8.30. The second-order valence-electron chi connectivity index (χ2n) is 4.43. The van der Waals surface area contributed by atoms with Gasteiger partial charge in [-0.05, 0) is 48.9 Å². The van der Waals surface area contributed by atoms with Crippen LogP contribution < -0.4 is 10.1 Å². The molecule has 0 aliphatic rings. The number of halogens is 2. The fourth-order valence-electron chi connectivity index (χ4n) is 1.81. The zero-order chi connectivity index (χ0) is 14.2. The minimum Gasteiger partial charge on any atom is -0.492 e. The number of nitrogens with one attached hydrogen (secondary N) is 1. The first-order valence-corrected chi connectivity index (χ1v) is 7.75. The molecule has 0 fully saturated rings. The summed E-state index contributed by atoms with van der Waals surface area (Å²) in [6, 6.07) is 15.8. The van der Waals surface area contributed by atoms with Crippen LogP contribution in [0.1, 0.15) is 5.56 Å². The van der Waals surface area contributed by atoms with Crippen LogP contribution in [-0.2, 0) is 6.42 Å². The summed E-state index contributed by atoms with van der Waals surface area (Å²) in [5.74, 6) is 0.888. The fraction of sp³-hybridized carbons (Fsp3) is 0.250. The first kappa shape index (κ1) is 15.4. The molecule has 106 valence electrons. The van der Waals surface area contributed by atoms with Gasteiger partial charge < -0.3 is 10.1 Å². The number of hydrogen-bond acceptors (Lipinski definition) is 2. The lowest BCUT2D eigenvalue weighted by Crippen LogP contribution is -2.23. The molecule has 0 aliphatic carbocycles. The van der Waals surface area contributed by atoms with Crippen molar-refractivity contribution < 1.29 is 4.74 Å². The molecule has 2 nitrogen and oxygen atoms in total. The predicted octanol–water partition coefficient (Wildman–Crippen LogP) is 4.31. The van der Waals surface area contributed by atoms with Crippen LogP contribution >= 0.6 is 27.5 Å². The SMILES string of the molecule is Clc1ccc(CCNCCOc2cccc(Br)c2)cc1. The second-order valence-corrected chi connectivity index (χ2v) is 5.78. The summed E-state index contributed by atoms with van der Waals surface area (Å²) in [5, 5.41) is 4.15. The predicted molar refractivity (Wildman–Crippen MR) is 87.7 cm³/mol. The highest BCUT2D eigenvalue weighted by Gasteiger charge is 1.96. The Morgan fingerprint density at radius 3 is 2.60 bits per heavy atom. The van der Waals surface area contributed by atoms with Crippen LogP contribution in [0.25, 0.3) is 0 Å². The molecule has 2 rings (SSSR count). The third-order valence-electron chi connectivity index (χ3n) is 2.85. The zero-order valence-corrected chi connectivity index (χ0v) is 13.5. The smallest absolute Gasteiger partial charge is 0.120 e. The van der Waals surface area contributed by atoms with E-state index in [4.69, 9.17) is 16.3 Å². The summed E-state index contributed by atoms with van der Waals surface area (Å²) >= 11 is 9.27. The van der Waals surface area contributed by atoms with Crippen molar-refractivity contribution >= 4 is 27.5 Å². The Hall–Kier alpha value is -1.03. The molecule has 1 N–H and O–H groups in total. The Labute approximate surface area is 133 Å². The van der Waals surface area contributed by atoms with Crippen molar-refractivity contribution in [2.45, 2.75) is 6.42 Å². The van der Waals surface area contributed by atoms with E-state index in [2.05, 4.69) is 33.4 Å². The molecular weight excluding hydrogens is 338 g/mol. The molecule has 0 aromatic heterocycles. The Kier molecular flexibility index (Phi) is 6.37. The van der Waals surface area contributed by atoms with Crippen molar-refractivity contribution in [3.8, 4) is 5.75 Å². The topological polar surface area (TPSA) is 21.3 Å². The molecule has 0 saturated carbocycles. The van der Waals surface area contributed by atoms with Gasteiger partial charge in [-0.2, -0.15) is 0 Å². The summed E-state index contributed by atoms with van der Waals surface area (Å²) < 4.78 is 6.68. The molecule has 4 heteroatoms. The lowest BCUT2D eigenvalue weighted by molar-refractivity contribution is 0.314. The van der Waals surface area contributed by atoms with Gasteiger partial charge in [0.1, 0.15) is 12.4 Å². The van der Waals surface area contributed by atoms with Crippen molar-refractivity contribution in [3.05, 3.63) is 63.6 Å². The maximum Gasteiger partial charge on any atom is 0.120 e. The fourth-order valence-corrected chi connectivity index (χ4v) is 2.31. The van der Waals surface area contributed by atoms with Gasteiger partial charge in [0, 0.05) is 16.0 Å². The van der Waals surface area contributed by atoms with Crippen LogP contribution in [0.15, 0.2) is 53.0 Å². The first-order valence-electron chi connectivity index (χ1n) is 6.57. The Morgan fingerprint density at radius 2 is 1.85 bits per heavy atom. The molecule has 20 heavy (non-hydrogen) atoms. The third-order valence-corrected chi connectivity index (χ3v) is 3.59. The molecule has 2 aromatic carbocycles. The van der Waals surface area contributed by atoms with Gasteiger partial charge in [0.25, 0.3) is 0 Å². The van der Waals surface area contributed by atoms with Crippen LogP contribution in [-0.4, -0.2) is 19.7 Å². The van der Waals surface area contributed by atoms with Crippen molar-refractivity contribution in [1.82, 2.24) is 5.32 Å². The molecule has 2 aromatic rings. The van der Waals surface area contributed by atoms with Crippen LogP contribution in [0.3, 0.4) is 0 Å². The van der Waals surface area contributed by atoms with Gasteiger partial charge in [-0.25, -0.2) is 0 Å². The maximum atomic E-state index is 5.85. The average molecular weight is 355 g/mol. The van der Waals surface area contributed by atoms with Crippen LogP contribution in [0.2, 0.25) is 5.02 Å². The van der Waals surface area contributed by atoms with Crippen molar-refractivity contribution in [1.29, 1.82) is 0 Å². The van der Waals surface area contributed by atoms with Gasteiger partial charge in [-0.15, -0.1) is 0 Å². The average Bonchev–Trinajstić information content (AvgIpc) is 2.45. The van der Waals surface area contributed by atoms with Gasteiger partial charge in [-0.1, -0.05) is 45.7 Å². The Morgan fingerprint density at radius 1 is 1.05 bits per heavy atom. The molecule has 0 radical (unpaired) electrons. The molecule has 0 unspecified atom stereocenters. The largest absolute Gasteiger partial charge is 0.492 e. The van der Waals surface area contributed by atoms with Gasteiger partial charge >= 0.3 is 0 Å². The van der Waals surface area contributed by atoms with Crippen molar-refractivity contribution in [3.63, 3.8) is 0 Å². The van der Waals surface area contributed by atoms with Crippen LogP contribution in [0.5, 0.6) is 5.75 Å². The quantitative estimate of drug-likeness (QED) is 0.748. The van der Waals surface area contributed by atoms with Crippen molar-refractivity contribution in [2.75, 3.05) is 19.7 Å². The van der Waals surface area contributed by atoms with Gasteiger partial charge in [0.2, 0.25) is 0 Å². The third kappa shape index (κ3) is 5.53. The van der Waals surface area contributed by atoms with E-state index in [0.29, 0.717) is 6.61 Å². The minimum atomic E-state index is 0.664. The van der Waals surface area contributed by atoms with E-state index < -0.39 is 0 Å². The minimum absolute atomic E-state index is 0.664. The van der Waals surface area contributed by atoms with Crippen molar-refractivity contribution in [2.24, 2.45) is 0 Å². The maximum absolute atomic E-state index is 5.85. The standard InChI is InChI=1S/C16H17BrClNO/c17-14-2-1-3-16(12-14)20-11-10-19-9-8-13-4-6-15(18)7-5-13/h1-7,12,19H,8-11H2. The summed E-state index contributed by atoms with van der Waals surface area (Å²) in [6.07, 6.45) is 0.994. The van der Waals surface area contributed by atoms with Gasteiger partial charge in [0.05, 0.1) is 0 Å². The highest BCUT2D eigenvalue weighted by Crippen LogP contribution is 2.17. The van der Waals surface area contributed by atoms with Gasteiger partial charge in [-0.3, -0.25) is 0 Å². The van der Waals surface area contributed by atoms with E-state index in [-0.39, 0.29) is 0 Å². The summed E-state index contributed by atoms with van der Waals surface area (Å²) in [6.45, 7) is 2.43. The summed E-state index contributed by atoms with van der Waals surface area (Å²) in [7, 11) is 0. The van der Waals surface area contributed by atoms with Crippen LogP contribution in [0, 0.1) is 0 Å². The highest BCUT2D eigenvalue weighted by molar-refractivity contribution is 9.10. The molecule has 0 aliphatic heterocycles. The normalized spacial score (nSPS) is 10.5. The lowest BCUT2D eigenvalue weighted by Gasteiger charge is -2.08. The van der Waals surface area contributed by atoms with Crippen LogP contribution in [0.4, 0.5) is 0 Å². The summed E-state index contributed by atoms with van der Waals surface area (Å²) in [5.41, 5.74) is 1.29. The number of benzene rings is 2. The Balaban J connectivity index is 1.59. The highest BCUT2D eigenvalue weighted by atomic mass is 79.9. The Bertz CT molecular complexity index is 530. The monoisotopic (exact) mass is 353 g/mol. The molecule has 0 amide bonds. The molecule has 0 atom stereocenters. The number of ether oxygens (including phenoxy) is 1. The molecule has 0 spiro atoms.